The van der Waals surface area contributed by atoms with Gasteiger partial charge in [0, 0.05) is 19.1 Å². The number of nitrogens with one attached hydrogen (secondary N) is 1. The highest BCUT2D eigenvalue weighted by Gasteiger charge is 2.30. The second-order valence-corrected chi connectivity index (χ2v) is 7.86. The number of hydrogen-bond donors (Lipinski definition) is 1. The van der Waals surface area contributed by atoms with Crippen LogP contribution in [0.3, 0.4) is 0 Å². The molecule has 1 saturated heterocycles. The number of thioether (sulfide) groups is 1. The SMILES string of the molecule is O=C(CSc1nnc(C2CC2)n1Cc1ccccc1)NCC1CCCO1. The molecule has 1 aromatic heterocycles. The van der Waals surface area contributed by atoms with Gasteiger partial charge in [-0.05, 0) is 31.2 Å². The van der Waals surface area contributed by atoms with E-state index in [-0.39, 0.29) is 12.0 Å². The van der Waals surface area contributed by atoms with E-state index in [2.05, 4.69) is 32.2 Å². The highest BCUT2D eigenvalue weighted by molar-refractivity contribution is 7.99. The van der Waals surface area contributed by atoms with Crippen molar-refractivity contribution in [2.75, 3.05) is 18.9 Å². The minimum absolute atomic E-state index is 0.0210. The lowest BCUT2D eigenvalue weighted by Gasteiger charge is -2.11. The Morgan fingerprint density at radius 2 is 2.08 bits per heavy atom. The lowest BCUT2D eigenvalue weighted by Crippen LogP contribution is -2.32. The number of rotatable bonds is 8. The van der Waals surface area contributed by atoms with Gasteiger partial charge >= 0.3 is 0 Å². The Morgan fingerprint density at radius 3 is 2.81 bits per heavy atom. The van der Waals surface area contributed by atoms with Crippen LogP contribution in [0.4, 0.5) is 0 Å². The van der Waals surface area contributed by atoms with Crippen LogP contribution in [0.25, 0.3) is 0 Å². The Hall–Kier alpha value is -1.86. The molecule has 1 amide bonds. The Kier molecular flexibility index (Phi) is 5.55. The number of carbonyl (C=O) groups excluding carboxylic acids is 1. The second-order valence-electron chi connectivity index (χ2n) is 6.91. The first kappa shape index (κ1) is 17.5. The lowest BCUT2D eigenvalue weighted by molar-refractivity contribution is -0.119. The van der Waals surface area contributed by atoms with E-state index in [4.69, 9.17) is 4.74 Å². The van der Waals surface area contributed by atoms with Gasteiger partial charge in [0.15, 0.2) is 5.16 Å². The largest absolute Gasteiger partial charge is 0.376 e. The van der Waals surface area contributed by atoms with Crippen molar-refractivity contribution in [3.63, 3.8) is 0 Å². The summed E-state index contributed by atoms with van der Waals surface area (Å²) in [5.41, 5.74) is 1.22. The number of nitrogens with zero attached hydrogens (tertiary/aromatic N) is 3. The molecule has 2 aromatic rings. The van der Waals surface area contributed by atoms with E-state index >= 15 is 0 Å². The van der Waals surface area contributed by atoms with Gasteiger partial charge in [-0.15, -0.1) is 10.2 Å². The fourth-order valence-corrected chi connectivity index (χ4v) is 3.95. The molecule has 1 aliphatic carbocycles. The standard InChI is InChI=1S/C19H24N4O2S/c24-17(20-11-16-7-4-10-25-16)13-26-19-22-21-18(15-8-9-15)23(19)12-14-5-2-1-3-6-14/h1-3,5-6,15-16H,4,7-13H2,(H,20,24). The third-order valence-electron chi connectivity index (χ3n) is 4.75. The molecule has 0 spiro atoms. The number of hydrogen-bond acceptors (Lipinski definition) is 5. The third-order valence-corrected chi connectivity index (χ3v) is 5.72. The summed E-state index contributed by atoms with van der Waals surface area (Å²) in [7, 11) is 0. The zero-order valence-corrected chi connectivity index (χ0v) is 15.6. The number of aromatic nitrogens is 3. The maximum atomic E-state index is 12.2. The fourth-order valence-electron chi connectivity index (χ4n) is 3.18. The van der Waals surface area contributed by atoms with Crippen molar-refractivity contribution in [1.29, 1.82) is 0 Å². The van der Waals surface area contributed by atoms with Crippen molar-refractivity contribution in [3.8, 4) is 0 Å². The molecule has 2 aliphatic rings. The minimum Gasteiger partial charge on any atom is -0.376 e. The maximum absolute atomic E-state index is 12.2. The zero-order chi connectivity index (χ0) is 17.8. The van der Waals surface area contributed by atoms with Gasteiger partial charge in [0.2, 0.25) is 5.91 Å². The van der Waals surface area contributed by atoms with Crippen molar-refractivity contribution < 1.29 is 9.53 Å². The molecule has 1 aliphatic heterocycles. The molecule has 26 heavy (non-hydrogen) atoms. The Bertz CT molecular complexity index is 739. The number of carbonyl (C=O) groups is 1. The molecule has 2 heterocycles. The summed E-state index contributed by atoms with van der Waals surface area (Å²) >= 11 is 1.46. The number of ether oxygens (including phenoxy) is 1. The summed E-state index contributed by atoms with van der Waals surface area (Å²) in [6, 6.07) is 10.3. The Morgan fingerprint density at radius 1 is 1.23 bits per heavy atom. The Balaban J connectivity index is 1.37. The summed E-state index contributed by atoms with van der Waals surface area (Å²) in [4.78, 5) is 12.2. The van der Waals surface area contributed by atoms with Crippen LogP contribution in [0.2, 0.25) is 0 Å². The highest BCUT2D eigenvalue weighted by Crippen LogP contribution is 2.40. The molecule has 1 aromatic carbocycles. The molecule has 0 bridgehead atoms. The summed E-state index contributed by atoms with van der Waals surface area (Å²) in [6.45, 7) is 2.16. The van der Waals surface area contributed by atoms with Crippen molar-refractivity contribution in [2.45, 2.75) is 49.4 Å². The smallest absolute Gasteiger partial charge is 0.230 e. The van der Waals surface area contributed by atoms with E-state index in [1.165, 1.54) is 30.2 Å². The molecule has 2 fully saturated rings. The molecule has 1 unspecified atom stereocenters. The first-order chi connectivity index (χ1) is 12.8. The van der Waals surface area contributed by atoms with Gasteiger partial charge in [0.25, 0.3) is 0 Å². The highest BCUT2D eigenvalue weighted by atomic mass is 32.2. The van der Waals surface area contributed by atoms with E-state index in [1.54, 1.807) is 0 Å². The first-order valence-corrected chi connectivity index (χ1v) is 10.3. The van der Waals surface area contributed by atoms with Crippen molar-refractivity contribution >= 4 is 17.7 Å². The molecule has 7 heteroatoms. The molecule has 6 nitrogen and oxygen atoms in total. The van der Waals surface area contributed by atoms with Gasteiger partial charge in [0.05, 0.1) is 18.4 Å². The van der Waals surface area contributed by atoms with Gasteiger partial charge in [-0.1, -0.05) is 42.1 Å². The zero-order valence-electron chi connectivity index (χ0n) is 14.8. The van der Waals surface area contributed by atoms with E-state index in [0.29, 0.717) is 18.2 Å². The van der Waals surface area contributed by atoms with Crippen molar-refractivity contribution in [1.82, 2.24) is 20.1 Å². The minimum atomic E-state index is 0.0210. The molecule has 1 saturated carbocycles. The number of amides is 1. The molecule has 138 valence electrons. The van der Waals surface area contributed by atoms with E-state index in [0.717, 1.165) is 37.0 Å². The maximum Gasteiger partial charge on any atom is 0.230 e. The summed E-state index contributed by atoms with van der Waals surface area (Å²) in [6.07, 6.45) is 4.65. The van der Waals surface area contributed by atoms with Gasteiger partial charge in [-0.3, -0.25) is 4.79 Å². The van der Waals surface area contributed by atoms with E-state index < -0.39 is 0 Å². The van der Waals surface area contributed by atoms with Gasteiger partial charge in [0.1, 0.15) is 5.82 Å². The fraction of sp³-hybridized carbons (Fsp3) is 0.526. The van der Waals surface area contributed by atoms with Gasteiger partial charge < -0.3 is 14.6 Å². The van der Waals surface area contributed by atoms with Crippen molar-refractivity contribution in [2.24, 2.45) is 0 Å². The Labute approximate surface area is 157 Å². The second kappa shape index (κ2) is 8.22. The summed E-state index contributed by atoms with van der Waals surface area (Å²) < 4.78 is 7.71. The first-order valence-electron chi connectivity index (χ1n) is 9.27. The predicted octanol–water partition coefficient (Wildman–Crippen LogP) is 2.59. The summed E-state index contributed by atoms with van der Waals surface area (Å²) in [5, 5.41) is 12.5. The van der Waals surface area contributed by atoms with Crippen LogP contribution in [0.15, 0.2) is 35.5 Å². The molecular formula is C19H24N4O2S. The molecule has 0 radical (unpaired) electrons. The van der Waals surface area contributed by atoms with Crippen LogP contribution in [-0.2, 0) is 16.1 Å². The monoisotopic (exact) mass is 372 g/mol. The van der Waals surface area contributed by atoms with Crippen LogP contribution in [0.5, 0.6) is 0 Å². The van der Waals surface area contributed by atoms with Crippen LogP contribution >= 0.6 is 11.8 Å². The van der Waals surface area contributed by atoms with Gasteiger partial charge in [-0.2, -0.15) is 0 Å². The molecule has 1 atom stereocenters. The predicted molar refractivity (Wildman–Crippen MR) is 100 cm³/mol. The van der Waals surface area contributed by atoms with Crippen molar-refractivity contribution in [3.05, 3.63) is 41.7 Å². The van der Waals surface area contributed by atoms with Crippen LogP contribution in [0, 0.1) is 0 Å². The lowest BCUT2D eigenvalue weighted by atomic mass is 10.2. The van der Waals surface area contributed by atoms with Gasteiger partial charge in [-0.25, -0.2) is 0 Å². The third kappa shape index (κ3) is 4.45. The molecule has 1 N–H and O–H groups in total. The van der Waals surface area contributed by atoms with E-state index in [9.17, 15) is 4.79 Å². The summed E-state index contributed by atoms with van der Waals surface area (Å²) in [5.74, 6) is 1.95. The van der Waals surface area contributed by atoms with Crippen LogP contribution in [0.1, 0.15) is 43.0 Å². The molecule has 4 rings (SSSR count). The average Bonchev–Trinajstić information content (AvgIpc) is 3.22. The average molecular weight is 372 g/mol. The van der Waals surface area contributed by atoms with E-state index in [1.807, 2.05) is 18.2 Å². The quantitative estimate of drug-likeness (QED) is 0.722. The number of benzene rings is 1. The van der Waals surface area contributed by atoms with Crippen LogP contribution < -0.4 is 5.32 Å². The topological polar surface area (TPSA) is 69.0 Å². The van der Waals surface area contributed by atoms with Crippen LogP contribution in [-0.4, -0.2) is 45.7 Å². The normalized spacial score (nSPS) is 19.6. The molecular weight excluding hydrogens is 348 g/mol.